The number of aliphatic carboxylic acids is 1. The van der Waals surface area contributed by atoms with E-state index in [1.54, 1.807) is 11.3 Å². The van der Waals surface area contributed by atoms with Crippen molar-refractivity contribution in [3.8, 4) is 64.3 Å². The van der Waals surface area contributed by atoms with Gasteiger partial charge in [0.15, 0.2) is 11.5 Å². The molecule has 1 N–H and O–H groups in total. The predicted octanol–water partition coefficient (Wildman–Crippen LogP) is 22.6. The van der Waals surface area contributed by atoms with E-state index in [9.17, 15) is 15.2 Å². The third kappa shape index (κ3) is 12.3. The number of nitrogens with zero attached hydrogens (tertiary/aromatic N) is 4. The van der Waals surface area contributed by atoms with Crippen molar-refractivity contribution in [1.82, 2.24) is 4.57 Å². The van der Waals surface area contributed by atoms with Gasteiger partial charge in [-0.05, 0) is 174 Å². The summed E-state index contributed by atoms with van der Waals surface area (Å²) in [4.78, 5) is 21.8. The quantitative estimate of drug-likeness (QED) is 0.0388. The molecule has 0 radical (unpaired) electrons. The second-order valence-electron chi connectivity index (χ2n) is 22.6. The highest BCUT2D eigenvalue weighted by Gasteiger charge is 2.30. The van der Waals surface area contributed by atoms with Gasteiger partial charge in [-0.1, -0.05) is 162 Å². The van der Waals surface area contributed by atoms with E-state index in [0.717, 1.165) is 129 Å². The van der Waals surface area contributed by atoms with Crippen molar-refractivity contribution in [3.05, 3.63) is 240 Å². The number of carbonyl (C=O) groups is 1. The molecular weight excluding hydrogens is 1150 g/mol. The average molecular weight is 1220 g/mol. The van der Waals surface area contributed by atoms with Crippen molar-refractivity contribution in [1.29, 1.82) is 5.26 Å². The molecule has 1 aliphatic heterocycles. The number of carboxylic acids is 1. The summed E-state index contributed by atoms with van der Waals surface area (Å²) < 4.78 is 15.1. The summed E-state index contributed by atoms with van der Waals surface area (Å²) >= 11 is 5.10. The Bertz CT molecular complexity index is 4240. The van der Waals surface area contributed by atoms with Crippen LogP contribution in [0.1, 0.15) is 81.2 Å². The molecule has 0 fully saturated rings. The van der Waals surface area contributed by atoms with Crippen molar-refractivity contribution in [2.24, 2.45) is 0 Å². The fourth-order valence-corrected chi connectivity index (χ4v) is 16.1. The number of rotatable bonds is 23. The second-order valence-corrected chi connectivity index (χ2v) is 25.7. The summed E-state index contributed by atoms with van der Waals surface area (Å²) in [5, 5.41) is 23.3. The van der Waals surface area contributed by atoms with Gasteiger partial charge in [0.2, 0.25) is 0 Å². The van der Waals surface area contributed by atoms with E-state index in [4.69, 9.17) is 9.47 Å². The number of carboxylic acid groups (broad SMARTS) is 1. The molecule has 12 aromatic rings. The summed E-state index contributed by atoms with van der Waals surface area (Å²) in [5.41, 5.74) is 15.6. The number of fused-ring (bicyclic) bond motifs is 4. The minimum atomic E-state index is -1.27. The lowest BCUT2D eigenvalue weighted by Crippen LogP contribution is -2.15. The molecule has 5 heterocycles. The maximum absolute atomic E-state index is 12.1. The first-order valence-corrected chi connectivity index (χ1v) is 33.4. The Hall–Kier alpha value is -9.44. The largest absolute Gasteiger partial charge is 0.485 e. The minimum Gasteiger partial charge on any atom is -0.485 e. The SMILES string of the molecule is CCCCCCc1cc(-n2c3ccc(-c4ccc(N(c5ccccc5)c5ccccc5)cc4)cc3c3cc(-c4ccc(N(c5ccccc5)c5ccccc5)cc4)ccc32)sc1-c1cc(CCCCCC)c(-c2sc(/C=C(/C#N)C(=O)O)c3c2OCCO3)s1. The molecule has 0 amide bonds. The number of thiophene rings is 3. The normalized spacial score (nSPS) is 12.2. The highest BCUT2D eigenvalue weighted by Crippen LogP contribution is 2.55. The molecule has 8 aromatic carbocycles. The van der Waals surface area contributed by atoms with Crippen molar-refractivity contribution < 1.29 is 19.4 Å². The molecule has 442 valence electrons. The summed E-state index contributed by atoms with van der Waals surface area (Å²) in [6, 6.07) is 80.9. The fourth-order valence-electron chi connectivity index (χ4n) is 12.2. The Labute approximate surface area is 533 Å². The molecule has 8 nitrogen and oxygen atoms in total. The van der Waals surface area contributed by atoms with Crippen molar-refractivity contribution in [3.63, 3.8) is 0 Å². The minimum absolute atomic E-state index is 0.342. The average Bonchev–Trinajstić information content (AvgIpc) is 1.63. The van der Waals surface area contributed by atoms with Crippen LogP contribution < -0.4 is 19.3 Å². The zero-order valence-electron chi connectivity index (χ0n) is 50.0. The van der Waals surface area contributed by atoms with Gasteiger partial charge in [-0.2, -0.15) is 5.26 Å². The van der Waals surface area contributed by atoms with Gasteiger partial charge < -0.3 is 28.9 Å². The number of anilines is 6. The van der Waals surface area contributed by atoms with Crippen LogP contribution in [-0.2, 0) is 17.6 Å². The number of nitriles is 1. The first kappa shape index (κ1) is 58.6. The molecule has 0 saturated heterocycles. The number of hydrogen-bond donors (Lipinski definition) is 1. The number of hydrogen-bond acceptors (Lipinski definition) is 9. The number of aryl methyl sites for hydroxylation is 2. The Kier molecular flexibility index (Phi) is 17.7. The molecule has 0 spiro atoms. The Balaban J connectivity index is 0.948. The van der Waals surface area contributed by atoms with Gasteiger partial charge in [0.1, 0.15) is 29.9 Å². The smallest absolute Gasteiger partial charge is 0.346 e. The van der Waals surface area contributed by atoms with Crippen LogP contribution >= 0.6 is 34.0 Å². The van der Waals surface area contributed by atoms with Crippen molar-refractivity contribution in [2.45, 2.75) is 78.1 Å². The standard InChI is InChI=1S/C78H68N4O4S3/c1-3-5-7-13-23-57-49-71(88-76(57)77-74-73(85-45-46-86-74)70(87-77)50-59(52-79)78(83)84)75-58(24-14-8-6-4-2)51-72(89-75)82-68-43-37-55(53-33-39-64(40-34-53)80(60-25-15-9-16-26-60)61-27-17-10-18-28-61)47-66(68)67-48-56(38-44-69(67)82)54-35-41-65(42-36-54)81(62-29-19-11-20-30-62)63-31-21-12-22-32-63/h9-12,15-22,25-44,47-51H,3-8,13-14,23-24,45-46H2,1-2H3,(H,83,84)/b59-50-. The summed E-state index contributed by atoms with van der Waals surface area (Å²) in [6.45, 7) is 5.24. The van der Waals surface area contributed by atoms with Crippen LogP contribution in [0.2, 0.25) is 0 Å². The lowest BCUT2D eigenvalue weighted by atomic mass is 9.99. The van der Waals surface area contributed by atoms with Crippen LogP contribution in [0.5, 0.6) is 11.5 Å². The molecule has 0 unspecified atom stereocenters. The molecular formula is C78H68N4O4S3. The van der Waals surface area contributed by atoms with Crippen LogP contribution in [0.25, 0.3) is 74.6 Å². The number of ether oxygens (including phenoxy) is 2. The number of unbranched alkanes of at least 4 members (excludes halogenated alkanes) is 6. The first-order valence-electron chi connectivity index (χ1n) is 31.0. The van der Waals surface area contributed by atoms with Crippen LogP contribution in [0.3, 0.4) is 0 Å². The maximum Gasteiger partial charge on any atom is 0.346 e. The molecule has 1 aliphatic rings. The number of para-hydroxylation sites is 4. The molecule has 89 heavy (non-hydrogen) atoms. The highest BCUT2D eigenvalue weighted by molar-refractivity contribution is 7.27. The lowest BCUT2D eigenvalue weighted by molar-refractivity contribution is -0.132. The number of aromatic nitrogens is 1. The molecule has 4 aromatic heterocycles. The van der Waals surface area contributed by atoms with Gasteiger partial charge in [0, 0.05) is 54.7 Å². The second kappa shape index (κ2) is 26.9. The van der Waals surface area contributed by atoms with Gasteiger partial charge >= 0.3 is 5.97 Å². The maximum atomic E-state index is 12.1. The third-order valence-electron chi connectivity index (χ3n) is 16.6. The molecule has 13 rings (SSSR count). The first-order chi connectivity index (χ1) is 43.8. The zero-order valence-corrected chi connectivity index (χ0v) is 52.5. The molecule has 11 heteroatoms. The van der Waals surface area contributed by atoms with Crippen LogP contribution in [0.15, 0.2) is 224 Å². The van der Waals surface area contributed by atoms with E-state index in [1.807, 2.05) is 17.4 Å². The van der Waals surface area contributed by atoms with Gasteiger partial charge in [0.25, 0.3) is 0 Å². The van der Waals surface area contributed by atoms with E-state index in [1.165, 1.54) is 66.9 Å². The summed E-state index contributed by atoms with van der Waals surface area (Å²) in [5.74, 6) is -0.133. The highest BCUT2D eigenvalue weighted by atomic mass is 32.1. The Morgan fingerprint density at radius 3 is 1.38 bits per heavy atom. The molecule has 0 saturated carbocycles. The van der Waals surface area contributed by atoms with E-state index in [-0.39, 0.29) is 5.57 Å². The lowest BCUT2D eigenvalue weighted by Gasteiger charge is -2.25. The van der Waals surface area contributed by atoms with E-state index in [0.29, 0.717) is 29.6 Å². The van der Waals surface area contributed by atoms with Gasteiger partial charge in [-0.25, -0.2) is 4.79 Å². The zero-order chi connectivity index (χ0) is 60.6. The van der Waals surface area contributed by atoms with Gasteiger partial charge in [0.05, 0.1) is 25.7 Å². The molecule has 0 aliphatic carbocycles. The van der Waals surface area contributed by atoms with Crippen molar-refractivity contribution >= 4 is 102 Å². The van der Waals surface area contributed by atoms with E-state index < -0.39 is 5.97 Å². The van der Waals surface area contributed by atoms with E-state index in [2.05, 4.69) is 247 Å². The van der Waals surface area contributed by atoms with Crippen molar-refractivity contribution in [2.75, 3.05) is 23.0 Å². The summed E-state index contributed by atoms with van der Waals surface area (Å²) in [6.07, 6.45) is 12.4. The molecule has 0 atom stereocenters. The Morgan fingerprint density at radius 1 is 0.494 bits per heavy atom. The van der Waals surface area contributed by atoms with Crippen LogP contribution in [0.4, 0.5) is 34.1 Å². The van der Waals surface area contributed by atoms with Crippen LogP contribution in [-0.4, -0.2) is 28.9 Å². The topological polar surface area (TPSA) is 91.0 Å². The third-order valence-corrected chi connectivity index (χ3v) is 20.4. The van der Waals surface area contributed by atoms with Gasteiger partial charge in [-0.3, -0.25) is 0 Å². The Morgan fingerprint density at radius 2 is 0.933 bits per heavy atom. The monoisotopic (exact) mass is 1220 g/mol. The predicted molar refractivity (Wildman–Crippen MR) is 373 cm³/mol. The van der Waals surface area contributed by atoms with E-state index >= 15 is 0 Å². The molecule has 0 bridgehead atoms. The number of benzene rings is 8. The van der Waals surface area contributed by atoms with Gasteiger partial charge in [-0.15, -0.1) is 34.0 Å². The fraction of sp³-hybridized carbons (Fsp3) is 0.179. The van der Waals surface area contributed by atoms with Crippen LogP contribution in [0, 0.1) is 11.3 Å². The summed E-state index contributed by atoms with van der Waals surface area (Å²) in [7, 11) is 0.